The molecule has 25 atom stereocenters. The van der Waals surface area contributed by atoms with E-state index in [1.54, 1.807) is 48.5 Å². The minimum absolute atomic E-state index is 0.00669. The summed E-state index contributed by atoms with van der Waals surface area (Å²) in [5.74, 6) is -11.0. The van der Waals surface area contributed by atoms with Crippen molar-refractivity contribution in [2.75, 3.05) is 13.2 Å². The Morgan fingerprint density at radius 2 is 1.08 bits per heavy atom. The Hall–Kier alpha value is -6.16. The van der Waals surface area contributed by atoms with Crippen LogP contribution in [-0.4, -0.2) is 199 Å². The number of amides is 5. The van der Waals surface area contributed by atoms with E-state index in [0.29, 0.717) is 0 Å². The van der Waals surface area contributed by atoms with Gasteiger partial charge in [-0.15, -0.1) is 0 Å². The molecule has 31 nitrogen and oxygen atoms in total. The van der Waals surface area contributed by atoms with Gasteiger partial charge >= 0.3 is 30.0 Å². The minimum atomic E-state index is -2.55. The van der Waals surface area contributed by atoms with Crippen molar-refractivity contribution in [3.8, 4) is 0 Å². The van der Waals surface area contributed by atoms with Gasteiger partial charge in [0.1, 0.15) is 35.9 Å². The second-order valence-electron chi connectivity index (χ2n) is 23.1. The van der Waals surface area contributed by atoms with Crippen LogP contribution < -0.4 is 27.4 Å². The van der Waals surface area contributed by atoms with Crippen molar-refractivity contribution in [3.63, 3.8) is 0 Å². The van der Waals surface area contributed by atoms with Crippen molar-refractivity contribution in [3.05, 3.63) is 11.5 Å². The molecule has 0 aromatic heterocycles. The molecule has 5 fully saturated rings. The Kier molecular flexibility index (Phi) is 23.1. The Bertz CT molecular complexity index is 2570. The van der Waals surface area contributed by atoms with Crippen molar-refractivity contribution < 1.29 is 124 Å². The molecule has 0 bridgehead atoms. The fraction of sp³-hybridized carbons (Fsp3) is 0.782. The van der Waals surface area contributed by atoms with Crippen molar-refractivity contribution in [1.29, 1.82) is 0 Å². The van der Waals surface area contributed by atoms with Crippen LogP contribution >= 0.6 is 0 Å². The first-order valence-corrected chi connectivity index (χ1v) is 28.4. The smallest absolute Gasteiger partial charge is 0.404 e. The van der Waals surface area contributed by atoms with Gasteiger partial charge in [-0.1, -0.05) is 41.5 Å². The van der Waals surface area contributed by atoms with Crippen LogP contribution in [0.1, 0.15) is 110 Å². The Morgan fingerprint density at radius 1 is 0.558 bits per heavy atom. The maximum atomic E-state index is 13.9. The standard InChI is InChI=1S/C55H83N5O26/c1-19-20(2)42(76-29(11)64)51(79-34(19)17-73-28(10)63)74-18-35-40(24(6)37(59-27(9)62)50(80-35)84-44-45(86-54(57)71)55(14,72)46(47(56)69)85-53(44)78-31(13)66)82-49-36(58-26(8)61)23(5)39(25(7)75-49)81-52-43(77-30(12)65)22(4)21(3)41(83-52)48(70)60-38-32(67)15-16-33(38)68/h19-25,34-37,39-46,49-53,67,72H,15-18H2,1-14H3,(H2,56,69)(H2,57,71)(H,58,61)(H,59,62)(H,60,70)/t19-,20-,21+,22-,23+,24+,25?,34?,35?,36?,37?,39-,40-,41?,42?,43?,44?,45+,46?,49-,50-,51+,52+,53?,55-/m0/s1. The summed E-state index contributed by atoms with van der Waals surface area (Å²) in [5, 5.41) is 30.3. The van der Waals surface area contributed by atoms with Gasteiger partial charge in [0.25, 0.3) is 5.91 Å². The van der Waals surface area contributed by atoms with Crippen LogP contribution in [0.2, 0.25) is 0 Å². The number of carbonyl (C=O) groups is 10. The number of rotatable bonds is 20. The molecule has 0 spiro atoms. The van der Waals surface area contributed by atoms with Gasteiger partial charge in [-0.2, -0.15) is 0 Å². The fourth-order valence-corrected chi connectivity index (χ4v) is 11.8. The quantitative estimate of drug-likeness (QED) is 0.0600. The Balaban J connectivity index is 1.39. The highest BCUT2D eigenvalue weighted by Gasteiger charge is 2.62. The zero-order valence-corrected chi connectivity index (χ0v) is 50.5. The highest BCUT2D eigenvalue weighted by atomic mass is 16.8. The lowest BCUT2D eigenvalue weighted by Crippen LogP contribution is -2.71. The number of ether oxygens (including phenoxy) is 14. The van der Waals surface area contributed by atoms with Gasteiger partial charge in [0.2, 0.25) is 24.0 Å². The molecular weight excluding hydrogens is 1150 g/mol. The van der Waals surface area contributed by atoms with Gasteiger partial charge in [-0.25, -0.2) is 4.79 Å². The summed E-state index contributed by atoms with van der Waals surface area (Å²) in [6.45, 7) is 19.1. The van der Waals surface area contributed by atoms with Gasteiger partial charge in [-0.05, 0) is 25.7 Å². The van der Waals surface area contributed by atoms with Crippen molar-refractivity contribution in [2.24, 2.45) is 47.0 Å². The number of nitrogens with one attached hydrogen (secondary N) is 3. The summed E-state index contributed by atoms with van der Waals surface area (Å²) < 4.78 is 86.0. The molecule has 86 heavy (non-hydrogen) atoms. The minimum Gasteiger partial charge on any atom is -0.510 e. The van der Waals surface area contributed by atoms with Crippen LogP contribution in [0, 0.1) is 35.5 Å². The second kappa shape index (κ2) is 28.8. The lowest BCUT2D eigenvalue weighted by Gasteiger charge is -2.52. The molecule has 5 aliphatic heterocycles. The van der Waals surface area contributed by atoms with E-state index in [1.807, 2.05) is 0 Å². The first-order chi connectivity index (χ1) is 40.1. The number of aliphatic hydroxyl groups is 2. The third-order valence-corrected chi connectivity index (χ3v) is 16.6. The molecule has 6 rings (SSSR count). The van der Waals surface area contributed by atoms with E-state index in [1.165, 1.54) is 34.6 Å². The van der Waals surface area contributed by atoms with Crippen LogP contribution in [0.3, 0.4) is 0 Å². The monoisotopic (exact) mass is 1230 g/mol. The van der Waals surface area contributed by atoms with Crippen LogP contribution in [0.15, 0.2) is 11.5 Å². The molecule has 0 saturated carbocycles. The average molecular weight is 1230 g/mol. The average Bonchev–Trinajstić information content (AvgIpc) is 0.972. The summed E-state index contributed by atoms with van der Waals surface area (Å²) in [6, 6.07) is -2.48. The van der Waals surface area contributed by atoms with E-state index in [9.17, 15) is 58.2 Å². The van der Waals surface area contributed by atoms with Crippen molar-refractivity contribution in [2.45, 2.75) is 226 Å². The number of carbonyl (C=O) groups excluding carboxylic acids is 10. The summed E-state index contributed by atoms with van der Waals surface area (Å²) in [6.07, 6.45) is -24.6. The molecule has 31 heteroatoms. The number of esters is 4. The maximum Gasteiger partial charge on any atom is 0.404 e. The molecule has 0 aromatic carbocycles. The van der Waals surface area contributed by atoms with Gasteiger partial charge in [0.15, 0.2) is 61.5 Å². The maximum absolute atomic E-state index is 13.9. The lowest BCUT2D eigenvalue weighted by atomic mass is 9.82. The summed E-state index contributed by atoms with van der Waals surface area (Å²) >= 11 is 0. The molecule has 6 aliphatic rings. The Labute approximate surface area is 496 Å². The SMILES string of the molecule is CC(=O)NC1[C@H](O[C@@H]2C(CO[C@@H]3OC(COC(C)=O)[C@@H](C)[C@H](C)C3OC(C)=O)O[C@@H](OC3C(OC(C)=O)OC(C(N)=O)[C@@](C)(O)[C@@H]3OC(N)=O)C(NC(C)=O)[C@H]2C)OC(C)[C@@H](O[C@@H]2OC(C(=O)NC3=C(O)CCC3=O)[C@H](C)[C@H](C)C2OC(C)=O)[C@@H]1C. The van der Waals surface area contributed by atoms with Crippen LogP contribution in [0.5, 0.6) is 0 Å². The Morgan fingerprint density at radius 3 is 1.60 bits per heavy atom. The number of hydrogen-bond acceptors (Lipinski definition) is 26. The van der Waals surface area contributed by atoms with E-state index < -0.39 is 212 Å². The molecular formula is C55H83N5O26. The van der Waals surface area contributed by atoms with Gasteiger partial charge in [0.05, 0.1) is 43.1 Å². The number of ketones is 1. The molecule has 5 heterocycles. The molecule has 1 aliphatic carbocycles. The van der Waals surface area contributed by atoms with Crippen LogP contribution in [0.4, 0.5) is 4.79 Å². The number of Topliss-reactive ketones (excluding diaryl/α,β-unsaturated/α-hetero) is 1. The number of hydrogen-bond donors (Lipinski definition) is 7. The number of aliphatic hydroxyl groups excluding tert-OH is 1. The predicted molar refractivity (Wildman–Crippen MR) is 286 cm³/mol. The van der Waals surface area contributed by atoms with Crippen LogP contribution in [0.25, 0.3) is 0 Å². The van der Waals surface area contributed by atoms with Gasteiger partial charge in [0, 0.05) is 78.1 Å². The molecule has 5 amide bonds. The fourth-order valence-electron chi connectivity index (χ4n) is 11.8. The van der Waals surface area contributed by atoms with Crippen molar-refractivity contribution >= 4 is 59.4 Å². The third kappa shape index (κ3) is 16.1. The second-order valence-corrected chi connectivity index (χ2v) is 23.1. The number of primary amides is 2. The first-order valence-electron chi connectivity index (χ1n) is 28.4. The van der Waals surface area contributed by atoms with Gasteiger partial charge in [-0.3, -0.25) is 43.2 Å². The molecule has 484 valence electrons. The largest absolute Gasteiger partial charge is 0.510 e. The van der Waals surface area contributed by atoms with E-state index in [2.05, 4.69) is 16.0 Å². The topological polar surface area (TPSA) is 429 Å². The van der Waals surface area contributed by atoms with Crippen LogP contribution in [-0.2, 0) is 109 Å². The first kappa shape index (κ1) is 68.9. The van der Waals surface area contributed by atoms with E-state index in [0.717, 1.165) is 13.8 Å². The van der Waals surface area contributed by atoms with E-state index >= 15 is 0 Å². The zero-order valence-electron chi connectivity index (χ0n) is 50.5. The molecule has 9 N–H and O–H groups in total. The summed E-state index contributed by atoms with van der Waals surface area (Å²) in [5.41, 5.74) is 8.27. The van der Waals surface area contributed by atoms with E-state index in [4.69, 9.17) is 77.8 Å². The molecule has 0 aromatic rings. The highest BCUT2D eigenvalue weighted by Crippen LogP contribution is 2.42. The predicted octanol–water partition coefficient (Wildman–Crippen LogP) is -0.433. The molecule has 0 radical (unpaired) electrons. The van der Waals surface area contributed by atoms with Crippen molar-refractivity contribution in [1.82, 2.24) is 16.0 Å². The lowest BCUT2D eigenvalue weighted by molar-refractivity contribution is -0.369. The number of nitrogens with two attached hydrogens (primary N) is 2. The summed E-state index contributed by atoms with van der Waals surface area (Å²) in [4.78, 5) is 128. The molecule has 5 saturated heterocycles. The third-order valence-electron chi connectivity index (χ3n) is 16.6. The normalized spacial score (nSPS) is 39.9. The number of allylic oxidation sites excluding steroid dienone is 2. The molecule has 11 unspecified atom stereocenters. The zero-order chi connectivity index (χ0) is 64.1. The summed E-state index contributed by atoms with van der Waals surface area (Å²) in [7, 11) is 0. The van der Waals surface area contributed by atoms with Gasteiger partial charge < -0.3 is 104 Å². The highest BCUT2D eigenvalue weighted by molar-refractivity contribution is 6.02. The van der Waals surface area contributed by atoms with E-state index in [-0.39, 0.29) is 36.8 Å².